The lowest BCUT2D eigenvalue weighted by Gasteiger charge is -2.38. The van der Waals surface area contributed by atoms with Gasteiger partial charge in [-0.05, 0) is 63.2 Å². The Morgan fingerprint density at radius 1 is 0.762 bits per heavy atom. The molecule has 0 N–H and O–H groups in total. The van der Waals surface area contributed by atoms with Gasteiger partial charge in [-0.1, -0.05) is 13.8 Å². The number of hydrogen-bond donors (Lipinski definition) is 0. The number of hydrogen-bond acceptors (Lipinski definition) is 3. The van der Waals surface area contributed by atoms with Gasteiger partial charge in [-0.3, -0.25) is 0 Å². The van der Waals surface area contributed by atoms with Crippen LogP contribution >= 0.6 is 11.8 Å². The van der Waals surface area contributed by atoms with Crippen LogP contribution in [-0.2, 0) is 9.47 Å². The lowest BCUT2D eigenvalue weighted by molar-refractivity contribution is 0.00191. The normalized spacial score (nSPS) is 53.4. The maximum Gasteiger partial charge on any atom is 0.0724 e. The van der Waals surface area contributed by atoms with Gasteiger partial charge in [-0.2, -0.15) is 0 Å². The molecule has 0 aromatic heterocycles. The van der Waals surface area contributed by atoms with E-state index in [1.165, 1.54) is 51.4 Å². The Morgan fingerprint density at radius 3 is 1.48 bits per heavy atom. The zero-order valence-corrected chi connectivity index (χ0v) is 14.4. The minimum absolute atomic E-state index is 0.423. The SMILES string of the molecule is CC1CC1(SC1(C2CCCCO2)CC1C)C1CCCCO1. The molecule has 4 fully saturated rings. The first-order valence-corrected chi connectivity index (χ1v) is 9.92. The third-order valence-electron chi connectivity index (χ3n) is 6.43. The van der Waals surface area contributed by atoms with Crippen molar-refractivity contribution in [2.75, 3.05) is 13.2 Å². The van der Waals surface area contributed by atoms with Crippen LogP contribution in [0.5, 0.6) is 0 Å². The fourth-order valence-corrected chi connectivity index (χ4v) is 7.17. The van der Waals surface area contributed by atoms with Crippen LogP contribution in [0.2, 0.25) is 0 Å². The van der Waals surface area contributed by atoms with Gasteiger partial charge in [-0.25, -0.2) is 0 Å². The van der Waals surface area contributed by atoms with Crippen LogP contribution in [0.15, 0.2) is 0 Å². The summed E-state index contributed by atoms with van der Waals surface area (Å²) >= 11 is 2.31. The zero-order valence-electron chi connectivity index (χ0n) is 13.6. The van der Waals surface area contributed by atoms with E-state index in [-0.39, 0.29) is 0 Å². The first-order chi connectivity index (χ1) is 10.2. The summed E-state index contributed by atoms with van der Waals surface area (Å²) in [6, 6.07) is 0. The molecule has 2 nitrogen and oxygen atoms in total. The van der Waals surface area contributed by atoms with Crippen molar-refractivity contribution < 1.29 is 9.47 Å². The van der Waals surface area contributed by atoms with Crippen molar-refractivity contribution >= 4 is 11.8 Å². The fourth-order valence-electron chi connectivity index (χ4n) is 4.76. The smallest absolute Gasteiger partial charge is 0.0724 e. The third-order valence-corrected chi connectivity index (χ3v) is 8.85. The van der Waals surface area contributed by atoms with E-state index >= 15 is 0 Å². The van der Waals surface area contributed by atoms with Gasteiger partial charge >= 0.3 is 0 Å². The van der Waals surface area contributed by atoms with Crippen LogP contribution in [-0.4, -0.2) is 34.9 Å². The molecular weight excluding hydrogens is 280 g/mol. The molecule has 0 radical (unpaired) electrons. The Kier molecular flexibility index (Phi) is 3.83. The fraction of sp³-hybridized carbons (Fsp3) is 1.00. The van der Waals surface area contributed by atoms with Crippen molar-refractivity contribution in [1.29, 1.82) is 0 Å². The Balaban J connectivity index is 1.50. The highest BCUT2D eigenvalue weighted by atomic mass is 32.2. The molecule has 2 saturated carbocycles. The van der Waals surface area contributed by atoms with E-state index in [2.05, 4.69) is 25.6 Å². The topological polar surface area (TPSA) is 18.5 Å². The molecular formula is C18H30O2S. The minimum Gasteiger partial charge on any atom is -0.377 e. The van der Waals surface area contributed by atoms with Gasteiger partial charge in [0.1, 0.15) is 0 Å². The summed E-state index contributed by atoms with van der Waals surface area (Å²) in [6.07, 6.45) is 11.6. The quantitative estimate of drug-likeness (QED) is 0.766. The van der Waals surface area contributed by atoms with Crippen molar-refractivity contribution in [2.45, 2.75) is 86.9 Å². The number of thioether (sulfide) groups is 1. The highest BCUT2D eigenvalue weighted by molar-refractivity contribution is 8.02. The van der Waals surface area contributed by atoms with Crippen LogP contribution in [0.25, 0.3) is 0 Å². The molecule has 4 aliphatic rings. The van der Waals surface area contributed by atoms with E-state index in [0.717, 1.165) is 25.0 Å². The van der Waals surface area contributed by atoms with E-state index in [1.54, 1.807) is 0 Å². The lowest BCUT2D eigenvalue weighted by Crippen LogP contribution is -2.40. The molecule has 2 aliphatic heterocycles. The highest BCUT2D eigenvalue weighted by Crippen LogP contribution is 2.70. The summed E-state index contributed by atoms with van der Waals surface area (Å²) in [4.78, 5) is 0. The summed E-state index contributed by atoms with van der Waals surface area (Å²) in [5.41, 5.74) is 0. The monoisotopic (exact) mass is 310 g/mol. The van der Waals surface area contributed by atoms with E-state index < -0.39 is 0 Å². The van der Waals surface area contributed by atoms with Crippen LogP contribution in [0.4, 0.5) is 0 Å². The summed E-state index contributed by atoms with van der Waals surface area (Å²) in [6.45, 7) is 6.85. The summed E-state index contributed by atoms with van der Waals surface area (Å²) in [5.74, 6) is 1.66. The second-order valence-electron chi connectivity index (χ2n) is 7.93. The number of rotatable bonds is 4. The van der Waals surface area contributed by atoms with Gasteiger partial charge in [0.05, 0.1) is 12.2 Å². The Hall–Kier alpha value is 0.270. The molecule has 3 heteroatoms. The van der Waals surface area contributed by atoms with Gasteiger partial charge < -0.3 is 9.47 Å². The molecule has 2 heterocycles. The van der Waals surface area contributed by atoms with Crippen LogP contribution in [0.3, 0.4) is 0 Å². The largest absolute Gasteiger partial charge is 0.377 e. The Labute approximate surface area is 133 Å². The van der Waals surface area contributed by atoms with Crippen molar-refractivity contribution in [3.63, 3.8) is 0 Å². The number of ether oxygens (including phenoxy) is 2. The van der Waals surface area contributed by atoms with Crippen LogP contribution in [0, 0.1) is 11.8 Å². The molecule has 0 amide bonds. The molecule has 21 heavy (non-hydrogen) atoms. The van der Waals surface area contributed by atoms with Gasteiger partial charge in [-0.15, -0.1) is 11.8 Å². The predicted octanol–water partition coefficient (Wildman–Crippen LogP) is 4.42. The Bertz CT molecular complexity index is 353. The third kappa shape index (κ3) is 2.48. The highest BCUT2D eigenvalue weighted by Gasteiger charge is 2.68. The first-order valence-electron chi connectivity index (χ1n) is 9.11. The molecule has 2 aliphatic carbocycles. The molecule has 4 rings (SSSR count). The van der Waals surface area contributed by atoms with E-state index in [9.17, 15) is 0 Å². The minimum atomic E-state index is 0.423. The lowest BCUT2D eigenvalue weighted by atomic mass is 10.0. The van der Waals surface area contributed by atoms with Crippen molar-refractivity contribution in [3.8, 4) is 0 Å². The van der Waals surface area contributed by atoms with Crippen molar-refractivity contribution in [2.24, 2.45) is 11.8 Å². The molecule has 2 saturated heterocycles. The summed E-state index contributed by atoms with van der Waals surface area (Å²) in [7, 11) is 0. The summed E-state index contributed by atoms with van der Waals surface area (Å²) < 4.78 is 13.3. The predicted molar refractivity (Wildman–Crippen MR) is 87.8 cm³/mol. The van der Waals surface area contributed by atoms with Gasteiger partial charge in [0.15, 0.2) is 0 Å². The maximum atomic E-state index is 6.21. The van der Waals surface area contributed by atoms with Crippen LogP contribution in [0.1, 0.15) is 65.2 Å². The molecule has 0 aromatic rings. The average Bonchev–Trinajstić information content (AvgIpc) is 3.39. The van der Waals surface area contributed by atoms with E-state index in [1.807, 2.05) is 0 Å². The molecule has 6 unspecified atom stereocenters. The van der Waals surface area contributed by atoms with E-state index in [0.29, 0.717) is 21.7 Å². The zero-order chi connectivity index (χ0) is 14.5. The van der Waals surface area contributed by atoms with Gasteiger partial charge in [0.2, 0.25) is 0 Å². The average molecular weight is 311 g/mol. The molecule has 0 spiro atoms. The van der Waals surface area contributed by atoms with Gasteiger partial charge in [0.25, 0.3) is 0 Å². The molecule has 6 atom stereocenters. The second kappa shape index (κ2) is 5.42. The Morgan fingerprint density at radius 2 is 1.19 bits per heavy atom. The van der Waals surface area contributed by atoms with Crippen molar-refractivity contribution in [3.05, 3.63) is 0 Å². The second-order valence-corrected chi connectivity index (χ2v) is 9.66. The summed E-state index contributed by atoms with van der Waals surface area (Å²) in [5, 5.41) is 0. The van der Waals surface area contributed by atoms with Gasteiger partial charge in [0, 0.05) is 22.7 Å². The van der Waals surface area contributed by atoms with Crippen molar-refractivity contribution in [1.82, 2.24) is 0 Å². The maximum absolute atomic E-state index is 6.21. The first kappa shape index (κ1) is 14.8. The van der Waals surface area contributed by atoms with E-state index in [4.69, 9.17) is 9.47 Å². The van der Waals surface area contributed by atoms with Crippen LogP contribution < -0.4 is 0 Å². The molecule has 0 bridgehead atoms. The molecule has 120 valence electrons. The standard InChI is InChI=1S/C18H30O2S/c1-13-11-17(13,15-7-3-5-9-19-15)21-18(12-14(18)2)16-8-4-6-10-20-16/h13-16H,3-12H2,1-2H3. The molecule has 0 aromatic carbocycles.